The van der Waals surface area contributed by atoms with Crippen LogP contribution in [-0.2, 0) is 4.79 Å². The molecule has 0 aromatic rings. The summed E-state index contributed by atoms with van der Waals surface area (Å²) < 4.78 is 0. The lowest BCUT2D eigenvalue weighted by atomic mass is 10.1. The third-order valence-corrected chi connectivity index (χ3v) is 3.31. The number of carbonyl (C=O) groups excluding carboxylic acids is 1. The molecule has 102 valence electrons. The first-order valence-electron chi connectivity index (χ1n) is 6.71. The molecular weight excluding hydrogens is 214 g/mol. The van der Waals surface area contributed by atoms with E-state index in [4.69, 9.17) is 0 Å². The van der Waals surface area contributed by atoms with E-state index in [0.717, 1.165) is 32.4 Å². The van der Waals surface area contributed by atoms with Gasteiger partial charge in [0.25, 0.3) is 0 Å². The first-order chi connectivity index (χ1) is 8.06. The van der Waals surface area contributed by atoms with E-state index in [0.29, 0.717) is 6.04 Å². The van der Waals surface area contributed by atoms with Gasteiger partial charge in [-0.25, -0.2) is 0 Å². The van der Waals surface area contributed by atoms with Gasteiger partial charge in [0.15, 0.2) is 0 Å². The summed E-state index contributed by atoms with van der Waals surface area (Å²) in [6.07, 6.45) is 3.06. The Morgan fingerprint density at radius 3 is 2.35 bits per heavy atom. The maximum Gasteiger partial charge on any atom is 0.237 e. The van der Waals surface area contributed by atoms with E-state index in [1.165, 1.54) is 0 Å². The molecule has 0 aromatic carbocycles. The maximum atomic E-state index is 12.0. The highest BCUT2D eigenvalue weighted by atomic mass is 16.2. The molecule has 0 aromatic heterocycles. The van der Waals surface area contributed by atoms with Crippen molar-refractivity contribution in [2.75, 3.05) is 27.2 Å². The fourth-order valence-electron chi connectivity index (χ4n) is 1.71. The normalized spacial score (nSPS) is 13.1. The van der Waals surface area contributed by atoms with Gasteiger partial charge >= 0.3 is 0 Å². The fraction of sp³-hybridized carbons (Fsp3) is 0.923. The molecule has 1 unspecified atom stereocenters. The van der Waals surface area contributed by atoms with Gasteiger partial charge in [-0.1, -0.05) is 13.8 Å². The molecule has 0 rings (SSSR count). The van der Waals surface area contributed by atoms with Crippen molar-refractivity contribution in [3.63, 3.8) is 0 Å². The van der Waals surface area contributed by atoms with Crippen molar-refractivity contribution in [3.8, 4) is 0 Å². The van der Waals surface area contributed by atoms with Crippen LogP contribution in [0.1, 0.15) is 40.0 Å². The van der Waals surface area contributed by atoms with Crippen LogP contribution in [0.2, 0.25) is 0 Å². The van der Waals surface area contributed by atoms with Gasteiger partial charge in [-0.15, -0.1) is 0 Å². The Hall–Kier alpha value is -0.610. The number of likely N-dealkylation sites (N-methyl/N-ethyl adjacent to an activating group) is 1. The number of amides is 1. The number of nitrogens with zero attached hydrogens (tertiary/aromatic N) is 1. The Morgan fingerprint density at radius 1 is 1.29 bits per heavy atom. The van der Waals surface area contributed by atoms with Crippen LogP contribution in [0.15, 0.2) is 0 Å². The molecule has 0 aliphatic carbocycles. The van der Waals surface area contributed by atoms with Crippen LogP contribution in [0.25, 0.3) is 0 Å². The van der Waals surface area contributed by atoms with Crippen molar-refractivity contribution in [1.29, 1.82) is 0 Å². The molecule has 0 radical (unpaired) electrons. The fourth-order valence-corrected chi connectivity index (χ4v) is 1.71. The maximum absolute atomic E-state index is 12.0. The minimum absolute atomic E-state index is 0.0487. The van der Waals surface area contributed by atoms with Crippen LogP contribution in [0.4, 0.5) is 0 Å². The lowest BCUT2D eigenvalue weighted by molar-refractivity contribution is -0.126. The largest absolute Gasteiger partial charge is 0.352 e. The molecule has 1 amide bonds. The van der Waals surface area contributed by atoms with Crippen LogP contribution < -0.4 is 10.6 Å². The molecule has 0 heterocycles. The first kappa shape index (κ1) is 16.4. The molecule has 2 N–H and O–H groups in total. The first-order valence-corrected chi connectivity index (χ1v) is 6.71. The Bertz CT molecular complexity index is 205. The van der Waals surface area contributed by atoms with Crippen molar-refractivity contribution < 1.29 is 4.79 Å². The van der Waals surface area contributed by atoms with E-state index in [1.807, 2.05) is 21.0 Å². The minimum Gasteiger partial charge on any atom is -0.352 e. The van der Waals surface area contributed by atoms with E-state index in [2.05, 4.69) is 29.4 Å². The molecule has 0 saturated heterocycles. The van der Waals surface area contributed by atoms with Crippen LogP contribution in [0.3, 0.4) is 0 Å². The molecule has 0 fully saturated rings. The van der Waals surface area contributed by atoms with Crippen LogP contribution >= 0.6 is 0 Å². The quantitative estimate of drug-likeness (QED) is 0.599. The van der Waals surface area contributed by atoms with Crippen LogP contribution in [0, 0.1) is 0 Å². The molecule has 1 atom stereocenters. The summed E-state index contributed by atoms with van der Waals surface area (Å²) in [6.45, 7) is 8.12. The number of hydrogen-bond acceptors (Lipinski definition) is 3. The molecule has 0 bridgehead atoms. The Kier molecular flexibility index (Phi) is 9.09. The smallest absolute Gasteiger partial charge is 0.237 e. The second kappa shape index (κ2) is 9.42. The third kappa shape index (κ3) is 6.64. The summed E-state index contributed by atoms with van der Waals surface area (Å²) in [5.74, 6) is 0.144. The summed E-state index contributed by atoms with van der Waals surface area (Å²) in [6, 6.07) is 0.267. The average molecular weight is 243 g/mol. The average Bonchev–Trinajstić information content (AvgIpc) is 2.34. The molecule has 17 heavy (non-hydrogen) atoms. The molecular formula is C13H29N3O. The highest BCUT2D eigenvalue weighted by Crippen LogP contribution is 2.01. The van der Waals surface area contributed by atoms with Gasteiger partial charge < -0.3 is 10.6 Å². The summed E-state index contributed by atoms with van der Waals surface area (Å²) in [5, 5.41) is 6.21. The highest BCUT2D eigenvalue weighted by Gasteiger charge is 2.19. The zero-order valence-electron chi connectivity index (χ0n) is 12.0. The van der Waals surface area contributed by atoms with Gasteiger partial charge in [-0.2, -0.15) is 0 Å². The lowest BCUT2D eigenvalue weighted by Crippen LogP contribution is -2.47. The van der Waals surface area contributed by atoms with E-state index in [-0.39, 0.29) is 11.9 Å². The van der Waals surface area contributed by atoms with Gasteiger partial charge in [0.1, 0.15) is 0 Å². The molecule has 4 nitrogen and oxygen atoms in total. The van der Waals surface area contributed by atoms with Gasteiger partial charge in [-0.3, -0.25) is 9.69 Å². The number of hydrogen-bond donors (Lipinski definition) is 2. The summed E-state index contributed by atoms with van der Waals surface area (Å²) in [7, 11) is 3.95. The second-order valence-electron chi connectivity index (χ2n) is 4.64. The van der Waals surface area contributed by atoms with Gasteiger partial charge in [0.2, 0.25) is 5.91 Å². The van der Waals surface area contributed by atoms with Crippen LogP contribution in [-0.4, -0.2) is 50.1 Å². The van der Waals surface area contributed by atoms with E-state index < -0.39 is 0 Å². The Labute approximate surface area is 106 Å². The lowest BCUT2D eigenvalue weighted by Gasteiger charge is -2.26. The second-order valence-corrected chi connectivity index (χ2v) is 4.64. The summed E-state index contributed by atoms with van der Waals surface area (Å²) in [5.41, 5.74) is 0. The van der Waals surface area contributed by atoms with Crippen molar-refractivity contribution in [2.24, 2.45) is 0 Å². The zero-order chi connectivity index (χ0) is 13.3. The van der Waals surface area contributed by atoms with Gasteiger partial charge in [0.05, 0.1) is 6.04 Å². The number of nitrogens with one attached hydrogen (secondary N) is 2. The molecule has 0 aliphatic rings. The van der Waals surface area contributed by atoms with Crippen molar-refractivity contribution >= 4 is 5.91 Å². The SMILES string of the molecule is CCC(CC)NC(=O)C(C)N(C)CCCNC. The molecule has 0 aliphatic heterocycles. The Morgan fingerprint density at radius 2 is 1.88 bits per heavy atom. The zero-order valence-corrected chi connectivity index (χ0v) is 12.0. The third-order valence-electron chi connectivity index (χ3n) is 3.31. The topological polar surface area (TPSA) is 44.4 Å². The molecule has 0 spiro atoms. The minimum atomic E-state index is -0.0487. The monoisotopic (exact) mass is 243 g/mol. The predicted molar refractivity (Wildman–Crippen MR) is 73.1 cm³/mol. The number of carbonyl (C=O) groups is 1. The van der Waals surface area contributed by atoms with Crippen molar-refractivity contribution in [2.45, 2.75) is 52.1 Å². The van der Waals surface area contributed by atoms with Crippen LogP contribution in [0.5, 0.6) is 0 Å². The van der Waals surface area contributed by atoms with Gasteiger partial charge in [-0.05, 0) is 53.4 Å². The predicted octanol–water partition coefficient (Wildman–Crippen LogP) is 1.22. The summed E-state index contributed by atoms with van der Waals surface area (Å²) in [4.78, 5) is 14.1. The highest BCUT2D eigenvalue weighted by molar-refractivity contribution is 5.81. The standard InChI is InChI=1S/C13H29N3O/c1-6-12(7-2)15-13(17)11(3)16(5)10-8-9-14-4/h11-12,14H,6-10H2,1-5H3,(H,15,17). The number of rotatable bonds is 9. The molecule has 4 heteroatoms. The van der Waals surface area contributed by atoms with E-state index in [1.54, 1.807) is 0 Å². The van der Waals surface area contributed by atoms with Gasteiger partial charge in [0, 0.05) is 6.04 Å². The van der Waals surface area contributed by atoms with Crippen molar-refractivity contribution in [1.82, 2.24) is 15.5 Å². The molecule has 0 saturated carbocycles. The van der Waals surface area contributed by atoms with Crippen molar-refractivity contribution in [3.05, 3.63) is 0 Å². The Balaban J connectivity index is 4.01. The van der Waals surface area contributed by atoms with E-state index >= 15 is 0 Å². The van der Waals surface area contributed by atoms with E-state index in [9.17, 15) is 4.79 Å². The summed E-state index contributed by atoms with van der Waals surface area (Å²) >= 11 is 0.